The standard InChI is InChI=1S/C11H22N4/c1-5-10(6-2)12-7-11-13-8-14-15(11)9(3)4/h8-10,12H,5-7H2,1-4H3. The van der Waals surface area contributed by atoms with Crippen LogP contribution in [0.1, 0.15) is 52.4 Å². The Morgan fingerprint density at radius 1 is 1.33 bits per heavy atom. The van der Waals surface area contributed by atoms with Gasteiger partial charge in [0.1, 0.15) is 12.2 Å². The van der Waals surface area contributed by atoms with Crippen molar-refractivity contribution in [2.45, 2.75) is 59.2 Å². The summed E-state index contributed by atoms with van der Waals surface area (Å²) in [4.78, 5) is 4.27. The monoisotopic (exact) mass is 210 g/mol. The number of nitrogens with one attached hydrogen (secondary N) is 1. The zero-order valence-electron chi connectivity index (χ0n) is 10.2. The minimum absolute atomic E-state index is 0.381. The van der Waals surface area contributed by atoms with E-state index in [0.29, 0.717) is 12.1 Å². The van der Waals surface area contributed by atoms with Crippen molar-refractivity contribution in [2.24, 2.45) is 0 Å². The smallest absolute Gasteiger partial charge is 0.141 e. The molecule has 0 aliphatic rings. The second-order valence-corrected chi connectivity index (χ2v) is 4.11. The number of aromatic nitrogens is 3. The zero-order valence-corrected chi connectivity index (χ0v) is 10.2. The lowest BCUT2D eigenvalue weighted by molar-refractivity contribution is 0.443. The minimum Gasteiger partial charge on any atom is -0.307 e. The summed E-state index contributed by atoms with van der Waals surface area (Å²) >= 11 is 0. The molecule has 1 rings (SSSR count). The fourth-order valence-corrected chi connectivity index (χ4v) is 1.64. The number of hydrogen-bond donors (Lipinski definition) is 1. The molecule has 0 aliphatic heterocycles. The molecular formula is C11H22N4. The quantitative estimate of drug-likeness (QED) is 0.782. The van der Waals surface area contributed by atoms with E-state index in [1.165, 1.54) is 0 Å². The largest absolute Gasteiger partial charge is 0.307 e. The van der Waals surface area contributed by atoms with Gasteiger partial charge >= 0.3 is 0 Å². The average molecular weight is 210 g/mol. The lowest BCUT2D eigenvalue weighted by atomic mass is 10.2. The van der Waals surface area contributed by atoms with Crippen LogP contribution in [0.2, 0.25) is 0 Å². The van der Waals surface area contributed by atoms with Crippen molar-refractivity contribution in [1.82, 2.24) is 20.1 Å². The van der Waals surface area contributed by atoms with Crippen LogP contribution in [0.3, 0.4) is 0 Å². The molecule has 0 aromatic carbocycles. The van der Waals surface area contributed by atoms with Crippen molar-refractivity contribution in [2.75, 3.05) is 0 Å². The molecule has 1 heterocycles. The molecule has 0 fully saturated rings. The van der Waals surface area contributed by atoms with E-state index < -0.39 is 0 Å². The van der Waals surface area contributed by atoms with Crippen LogP contribution in [0.25, 0.3) is 0 Å². The van der Waals surface area contributed by atoms with Gasteiger partial charge in [0.05, 0.1) is 6.54 Å². The van der Waals surface area contributed by atoms with Crippen LogP contribution >= 0.6 is 0 Å². The maximum Gasteiger partial charge on any atom is 0.141 e. The van der Waals surface area contributed by atoms with Crippen molar-refractivity contribution in [3.63, 3.8) is 0 Å². The molecule has 0 bridgehead atoms. The molecule has 1 N–H and O–H groups in total. The molecule has 0 unspecified atom stereocenters. The van der Waals surface area contributed by atoms with Gasteiger partial charge in [0.2, 0.25) is 0 Å². The summed E-state index contributed by atoms with van der Waals surface area (Å²) in [6, 6.07) is 0.966. The predicted molar refractivity (Wildman–Crippen MR) is 61.6 cm³/mol. The number of nitrogens with zero attached hydrogens (tertiary/aromatic N) is 3. The summed E-state index contributed by atoms with van der Waals surface area (Å²) in [5.41, 5.74) is 0. The highest BCUT2D eigenvalue weighted by atomic mass is 15.4. The van der Waals surface area contributed by atoms with E-state index in [2.05, 4.69) is 43.1 Å². The van der Waals surface area contributed by atoms with Crippen molar-refractivity contribution in [3.8, 4) is 0 Å². The lowest BCUT2D eigenvalue weighted by Gasteiger charge is -2.15. The Hall–Kier alpha value is -0.900. The maximum atomic E-state index is 4.27. The molecule has 0 aliphatic carbocycles. The predicted octanol–water partition coefficient (Wildman–Crippen LogP) is 2.14. The van der Waals surface area contributed by atoms with Crippen LogP contribution in [0, 0.1) is 0 Å². The highest BCUT2D eigenvalue weighted by Gasteiger charge is 2.09. The Bertz CT molecular complexity index is 276. The topological polar surface area (TPSA) is 42.7 Å². The van der Waals surface area contributed by atoms with Gasteiger partial charge in [-0.25, -0.2) is 9.67 Å². The first kappa shape index (κ1) is 12.2. The molecule has 1 aromatic heterocycles. The second-order valence-electron chi connectivity index (χ2n) is 4.11. The molecule has 1 aromatic rings. The normalized spacial score (nSPS) is 11.6. The van der Waals surface area contributed by atoms with E-state index in [1.54, 1.807) is 6.33 Å². The van der Waals surface area contributed by atoms with E-state index in [0.717, 1.165) is 25.2 Å². The molecule has 0 radical (unpaired) electrons. The third kappa shape index (κ3) is 3.30. The van der Waals surface area contributed by atoms with Gasteiger partial charge in [0.15, 0.2) is 0 Å². The molecule has 0 spiro atoms. The minimum atomic E-state index is 0.381. The van der Waals surface area contributed by atoms with Crippen LogP contribution < -0.4 is 5.32 Å². The van der Waals surface area contributed by atoms with E-state index in [-0.39, 0.29) is 0 Å². The van der Waals surface area contributed by atoms with Crippen LogP contribution in [-0.2, 0) is 6.54 Å². The van der Waals surface area contributed by atoms with Gasteiger partial charge in [-0.2, -0.15) is 5.10 Å². The van der Waals surface area contributed by atoms with Gasteiger partial charge in [-0.15, -0.1) is 0 Å². The van der Waals surface area contributed by atoms with Gasteiger partial charge in [0.25, 0.3) is 0 Å². The lowest BCUT2D eigenvalue weighted by Crippen LogP contribution is -2.28. The van der Waals surface area contributed by atoms with Gasteiger partial charge in [-0.05, 0) is 26.7 Å². The molecule has 0 saturated heterocycles. The summed E-state index contributed by atoms with van der Waals surface area (Å²) in [7, 11) is 0. The highest BCUT2D eigenvalue weighted by molar-refractivity contribution is 4.86. The SMILES string of the molecule is CCC(CC)NCc1ncnn1C(C)C. The number of rotatable bonds is 6. The van der Waals surface area contributed by atoms with Crippen molar-refractivity contribution in [1.29, 1.82) is 0 Å². The Morgan fingerprint density at radius 2 is 2.00 bits per heavy atom. The molecule has 86 valence electrons. The Morgan fingerprint density at radius 3 is 2.53 bits per heavy atom. The van der Waals surface area contributed by atoms with Crippen LogP contribution in [0.15, 0.2) is 6.33 Å². The highest BCUT2D eigenvalue weighted by Crippen LogP contribution is 2.05. The Balaban J connectivity index is 2.53. The van der Waals surface area contributed by atoms with Gasteiger partial charge in [-0.3, -0.25) is 0 Å². The first-order valence-electron chi connectivity index (χ1n) is 5.80. The van der Waals surface area contributed by atoms with E-state index in [4.69, 9.17) is 0 Å². The summed E-state index contributed by atoms with van der Waals surface area (Å²) in [6.45, 7) is 9.46. The molecule has 4 heteroatoms. The van der Waals surface area contributed by atoms with Gasteiger partial charge < -0.3 is 5.32 Å². The number of hydrogen-bond acceptors (Lipinski definition) is 3. The first-order valence-corrected chi connectivity index (χ1v) is 5.80. The summed E-state index contributed by atoms with van der Waals surface area (Å²) < 4.78 is 1.97. The van der Waals surface area contributed by atoms with Gasteiger partial charge in [0, 0.05) is 12.1 Å². The van der Waals surface area contributed by atoms with Gasteiger partial charge in [-0.1, -0.05) is 13.8 Å². The van der Waals surface area contributed by atoms with Crippen LogP contribution in [0.4, 0.5) is 0 Å². The molecule has 15 heavy (non-hydrogen) atoms. The summed E-state index contributed by atoms with van der Waals surface area (Å²) in [6.07, 6.45) is 3.95. The second kappa shape index (κ2) is 5.85. The summed E-state index contributed by atoms with van der Waals surface area (Å²) in [5, 5.41) is 7.70. The maximum absolute atomic E-state index is 4.27. The molecule has 0 saturated carbocycles. The summed E-state index contributed by atoms with van der Waals surface area (Å²) in [5.74, 6) is 1.02. The third-order valence-electron chi connectivity index (χ3n) is 2.67. The fraction of sp³-hybridized carbons (Fsp3) is 0.818. The Kier molecular flexibility index (Phi) is 4.75. The fourth-order valence-electron chi connectivity index (χ4n) is 1.64. The first-order chi connectivity index (χ1) is 7.19. The van der Waals surface area contributed by atoms with E-state index in [1.807, 2.05) is 4.68 Å². The molecular weight excluding hydrogens is 188 g/mol. The molecule has 0 atom stereocenters. The Labute approximate surface area is 92.1 Å². The average Bonchev–Trinajstić information content (AvgIpc) is 2.67. The van der Waals surface area contributed by atoms with Crippen LogP contribution in [-0.4, -0.2) is 20.8 Å². The van der Waals surface area contributed by atoms with Crippen molar-refractivity contribution < 1.29 is 0 Å². The van der Waals surface area contributed by atoms with E-state index >= 15 is 0 Å². The third-order valence-corrected chi connectivity index (χ3v) is 2.67. The molecule has 4 nitrogen and oxygen atoms in total. The van der Waals surface area contributed by atoms with Crippen molar-refractivity contribution in [3.05, 3.63) is 12.2 Å². The van der Waals surface area contributed by atoms with Crippen LogP contribution in [0.5, 0.6) is 0 Å². The van der Waals surface area contributed by atoms with Crippen molar-refractivity contribution >= 4 is 0 Å². The van der Waals surface area contributed by atoms with E-state index in [9.17, 15) is 0 Å². The zero-order chi connectivity index (χ0) is 11.3. The molecule has 0 amide bonds.